The smallest absolute Gasteiger partial charge is 0.305 e. The number of carbonyl (C=O) groups is 1. The second kappa shape index (κ2) is 3.01. The minimum atomic E-state index is -0.956. The maximum absolute atomic E-state index is 10.1. The molecule has 0 aliphatic heterocycles. The Morgan fingerprint density at radius 1 is 1.50 bits per heavy atom. The van der Waals surface area contributed by atoms with E-state index in [1.807, 2.05) is 0 Å². The van der Waals surface area contributed by atoms with Gasteiger partial charge < -0.3 is 10.2 Å². The first-order valence-electron chi connectivity index (χ1n) is 3.24. The maximum Gasteiger partial charge on any atom is 0.305 e. The number of rotatable bonds is 2. The SMILES string of the molecule is CC(C)(C)[C@@H](O)CC(=O)O. The van der Waals surface area contributed by atoms with Crippen LogP contribution in [0.1, 0.15) is 27.2 Å². The third kappa shape index (κ3) is 3.45. The number of aliphatic hydroxyl groups excluding tert-OH is 1. The molecule has 0 unspecified atom stereocenters. The lowest BCUT2D eigenvalue weighted by Crippen LogP contribution is -2.28. The van der Waals surface area contributed by atoms with Gasteiger partial charge in [-0.1, -0.05) is 20.8 Å². The Kier molecular flexibility index (Phi) is 2.84. The molecule has 0 aromatic carbocycles. The highest BCUT2D eigenvalue weighted by Crippen LogP contribution is 2.21. The lowest BCUT2D eigenvalue weighted by Gasteiger charge is -2.23. The fraction of sp³-hybridized carbons (Fsp3) is 0.857. The Balaban J connectivity index is 3.85. The van der Waals surface area contributed by atoms with E-state index in [9.17, 15) is 9.90 Å². The molecule has 0 spiro atoms. The molecule has 0 aliphatic carbocycles. The quantitative estimate of drug-likeness (QED) is 0.607. The van der Waals surface area contributed by atoms with E-state index in [0.29, 0.717) is 0 Å². The molecule has 0 heterocycles. The zero-order valence-electron chi connectivity index (χ0n) is 6.59. The molecule has 0 rings (SSSR count). The molecule has 1 atom stereocenters. The molecule has 0 saturated carbocycles. The van der Waals surface area contributed by atoms with Gasteiger partial charge in [0.05, 0.1) is 12.5 Å². The molecule has 0 saturated heterocycles. The molecule has 3 nitrogen and oxygen atoms in total. The third-order valence-electron chi connectivity index (χ3n) is 1.37. The summed E-state index contributed by atoms with van der Waals surface area (Å²) in [6, 6.07) is 0. The highest BCUT2D eigenvalue weighted by molar-refractivity contribution is 5.67. The van der Waals surface area contributed by atoms with E-state index in [0.717, 1.165) is 0 Å². The minimum absolute atomic E-state index is 0.177. The molecular formula is C7H14O3. The van der Waals surface area contributed by atoms with Crippen molar-refractivity contribution in [3.63, 3.8) is 0 Å². The van der Waals surface area contributed by atoms with Crippen LogP contribution in [-0.4, -0.2) is 22.3 Å². The molecule has 0 aliphatic rings. The van der Waals surface area contributed by atoms with Crippen LogP contribution in [-0.2, 0) is 4.79 Å². The first-order valence-corrected chi connectivity index (χ1v) is 3.24. The van der Waals surface area contributed by atoms with E-state index >= 15 is 0 Å². The van der Waals surface area contributed by atoms with Crippen molar-refractivity contribution in [3.05, 3.63) is 0 Å². The molecule has 0 amide bonds. The summed E-state index contributed by atoms with van der Waals surface area (Å²) in [6.07, 6.45) is -0.936. The molecule has 2 N–H and O–H groups in total. The lowest BCUT2D eigenvalue weighted by molar-refractivity contribution is -0.140. The van der Waals surface area contributed by atoms with Crippen LogP contribution in [0.4, 0.5) is 0 Å². The van der Waals surface area contributed by atoms with Gasteiger partial charge in [-0.15, -0.1) is 0 Å². The van der Waals surface area contributed by atoms with Gasteiger partial charge in [0.1, 0.15) is 0 Å². The highest BCUT2D eigenvalue weighted by Gasteiger charge is 2.23. The van der Waals surface area contributed by atoms with Crippen LogP contribution in [0.3, 0.4) is 0 Å². The van der Waals surface area contributed by atoms with Crippen LogP contribution in [0.5, 0.6) is 0 Å². The molecule has 0 bridgehead atoms. The molecule has 10 heavy (non-hydrogen) atoms. The van der Waals surface area contributed by atoms with Crippen molar-refractivity contribution in [1.29, 1.82) is 0 Å². The van der Waals surface area contributed by atoms with E-state index in [4.69, 9.17) is 5.11 Å². The first-order chi connectivity index (χ1) is 4.34. The van der Waals surface area contributed by atoms with E-state index in [1.54, 1.807) is 20.8 Å². The molecule has 0 aromatic heterocycles. The van der Waals surface area contributed by atoms with Crippen molar-refractivity contribution in [1.82, 2.24) is 0 Å². The Morgan fingerprint density at radius 3 is 2.00 bits per heavy atom. The molecule has 60 valence electrons. The number of hydrogen-bond acceptors (Lipinski definition) is 2. The Bertz CT molecular complexity index is 123. The van der Waals surface area contributed by atoms with Crippen molar-refractivity contribution < 1.29 is 15.0 Å². The topological polar surface area (TPSA) is 57.5 Å². The third-order valence-corrected chi connectivity index (χ3v) is 1.37. The standard InChI is InChI=1S/C7H14O3/c1-7(2,3)5(8)4-6(9)10/h5,8H,4H2,1-3H3,(H,9,10)/t5-/m0/s1. The van der Waals surface area contributed by atoms with Gasteiger partial charge in [-0.25, -0.2) is 0 Å². The summed E-state index contributed by atoms with van der Waals surface area (Å²) in [5, 5.41) is 17.5. The summed E-state index contributed by atoms with van der Waals surface area (Å²) in [5.74, 6) is -0.956. The van der Waals surface area contributed by atoms with Gasteiger partial charge in [-0.3, -0.25) is 4.79 Å². The summed E-state index contributed by atoms with van der Waals surface area (Å²) in [5.41, 5.74) is -0.335. The Hall–Kier alpha value is -0.570. The number of aliphatic hydroxyl groups is 1. The van der Waals surface area contributed by atoms with Crippen LogP contribution >= 0.6 is 0 Å². The van der Waals surface area contributed by atoms with Crippen molar-refractivity contribution in [2.75, 3.05) is 0 Å². The predicted octanol–water partition coefficient (Wildman–Crippen LogP) is 0.868. The van der Waals surface area contributed by atoms with Gasteiger partial charge in [0, 0.05) is 0 Å². The number of hydrogen-bond donors (Lipinski definition) is 2. The molecule has 0 fully saturated rings. The largest absolute Gasteiger partial charge is 0.481 e. The van der Waals surface area contributed by atoms with Crippen LogP contribution in [0.15, 0.2) is 0 Å². The van der Waals surface area contributed by atoms with Gasteiger partial charge in [-0.05, 0) is 5.41 Å². The Morgan fingerprint density at radius 2 is 1.90 bits per heavy atom. The lowest BCUT2D eigenvalue weighted by atomic mass is 9.87. The van der Waals surface area contributed by atoms with Gasteiger partial charge in [-0.2, -0.15) is 0 Å². The van der Waals surface area contributed by atoms with E-state index in [-0.39, 0.29) is 11.8 Å². The molecule has 0 radical (unpaired) electrons. The second-order valence-corrected chi connectivity index (χ2v) is 3.48. The van der Waals surface area contributed by atoms with Crippen molar-refractivity contribution >= 4 is 5.97 Å². The van der Waals surface area contributed by atoms with Crippen molar-refractivity contribution in [2.24, 2.45) is 5.41 Å². The summed E-state index contributed by atoms with van der Waals surface area (Å²) in [7, 11) is 0. The van der Waals surface area contributed by atoms with Gasteiger partial charge in [0.15, 0.2) is 0 Å². The summed E-state index contributed by atoms with van der Waals surface area (Å²) >= 11 is 0. The van der Waals surface area contributed by atoms with Crippen LogP contribution in [0.25, 0.3) is 0 Å². The van der Waals surface area contributed by atoms with Crippen LogP contribution < -0.4 is 0 Å². The predicted molar refractivity (Wildman–Crippen MR) is 37.7 cm³/mol. The van der Waals surface area contributed by atoms with Crippen molar-refractivity contribution in [3.8, 4) is 0 Å². The van der Waals surface area contributed by atoms with Crippen LogP contribution in [0.2, 0.25) is 0 Å². The molecule has 3 heteroatoms. The fourth-order valence-electron chi connectivity index (χ4n) is 0.472. The second-order valence-electron chi connectivity index (χ2n) is 3.48. The monoisotopic (exact) mass is 146 g/mol. The van der Waals surface area contributed by atoms with Crippen LogP contribution in [0, 0.1) is 5.41 Å². The zero-order valence-corrected chi connectivity index (χ0v) is 6.59. The average Bonchev–Trinajstić information content (AvgIpc) is 1.60. The van der Waals surface area contributed by atoms with Gasteiger partial charge >= 0.3 is 5.97 Å². The summed E-state index contributed by atoms with van der Waals surface area (Å²) in [4.78, 5) is 10.1. The maximum atomic E-state index is 10.1. The first kappa shape index (κ1) is 9.43. The van der Waals surface area contributed by atoms with Gasteiger partial charge in [0.2, 0.25) is 0 Å². The number of aliphatic carboxylic acids is 1. The van der Waals surface area contributed by atoms with E-state index in [2.05, 4.69) is 0 Å². The molecular weight excluding hydrogens is 132 g/mol. The van der Waals surface area contributed by atoms with E-state index in [1.165, 1.54) is 0 Å². The Labute approximate surface area is 60.7 Å². The minimum Gasteiger partial charge on any atom is -0.481 e. The molecule has 0 aromatic rings. The van der Waals surface area contributed by atoms with E-state index < -0.39 is 12.1 Å². The number of carboxylic acid groups (broad SMARTS) is 1. The van der Waals surface area contributed by atoms with Crippen molar-refractivity contribution in [2.45, 2.75) is 33.3 Å². The zero-order chi connectivity index (χ0) is 8.36. The number of carboxylic acids is 1. The summed E-state index contributed by atoms with van der Waals surface area (Å²) in [6.45, 7) is 5.42. The fourth-order valence-corrected chi connectivity index (χ4v) is 0.472. The van der Waals surface area contributed by atoms with Gasteiger partial charge in [0.25, 0.3) is 0 Å². The summed E-state index contributed by atoms with van der Waals surface area (Å²) < 4.78 is 0. The average molecular weight is 146 g/mol. The highest BCUT2D eigenvalue weighted by atomic mass is 16.4. The normalized spacial score (nSPS) is 14.8.